The second kappa shape index (κ2) is 5.38. The van der Waals surface area contributed by atoms with Gasteiger partial charge in [-0.05, 0) is 24.6 Å². The number of nitrogens with zero attached hydrogens (tertiary/aromatic N) is 2. The molecule has 0 amide bonds. The van der Waals surface area contributed by atoms with Crippen molar-refractivity contribution in [1.82, 2.24) is 14.9 Å². The van der Waals surface area contributed by atoms with Gasteiger partial charge in [0.15, 0.2) is 0 Å². The van der Waals surface area contributed by atoms with E-state index in [9.17, 15) is 9.90 Å². The van der Waals surface area contributed by atoms with E-state index in [0.29, 0.717) is 0 Å². The zero-order chi connectivity index (χ0) is 14.0. The molecule has 6 nitrogen and oxygen atoms in total. The molecule has 0 aliphatic heterocycles. The minimum atomic E-state index is -0.942. The van der Waals surface area contributed by atoms with Gasteiger partial charge in [0, 0.05) is 13.6 Å². The number of aryl methyl sites for hydroxylation is 2. The number of rotatable bonds is 5. The van der Waals surface area contributed by atoms with Crippen LogP contribution in [0.3, 0.4) is 0 Å². The molecular weight excluding hydrogens is 246 g/mol. The Kier molecular flexibility index (Phi) is 3.82. The molecule has 0 aliphatic carbocycles. The van der Waals surface area contributed by atoms with Gasteiger partial charge in [-0.1, -0.05) is 6.07 Å². The highest BCUT2D eigenvalue weighted by Gasteiger charge is 2.11. The number of nitrogens with one attached hydrogen (secondary N) is 1. The van der Waals surface area contributed by atoms with Gasteiger partial charge in [-0.3, -0.25) is 4.79 Å². The molecule has 0 spiro atoms. The van der Waals surface area contributed by atoms with Gasteiger partial charge in [-0.2, -0.15) is 0 Å². The largest absolute Gasteiger partial charge is 0.480 e. The van der Waals surface area contributed by atoms with Crippen LogP contribution < -0.4 is 5.32 Å². The Labute approximate surface area is 110 Å². The minimum absolute atomic E-state index is 0.165. The van der Waals surface area contributed by atoms with E-state index in [0.717, 1.165) is 22.4 Å². The number of aromatic nitrogens is 2. The lowest BCUT2D eigenvalue weighted by Crippen LogP contribution is -2.27. The Bertz CT molecular complexity index is 606. The fourth-order valence-corrected chi connectivity index (χ4v) is 1.98. The number of carboxylic acid groups (broad SMARTS) is 1. The first-order valence-corrected chi connectivity index (χ1v) is 6.02. The van der Waals surface area contributed by atoms with Gasteiger partial charge in [-0.15, -0.1) is 0 Å². The number of aliphatic hydroxyl groups excluding tert-OH is 1. The molecule has 3 N–H and O–H groups in total. The molecule has 2 rings (SSSR count). The predicted octanol–water partition coefficient (Wildman–Crippen LogP) is 0.589. The van der Waals surface area contributed by atoms with E-state index < -0.39 is 12.1 Å². The van der Waals surface area contributed by atoms with Gasteiger partial charge in [-0.25, -0.2) is 4.98 Å². The van der Waals surface area contributed by atoms with Gasteiger partial charge in [0.05, 0.1) is 23.7 Å². The van der Waals surface area contributed by atoms with E-state index in [-0.39, 0.29) is 13.1 Å². The summed E-state index contributed by atoms with van der Waals surface area (Å²) in [5.41, 5.74) is 2.56. The summed E-state index contributed by atoms with van der Waals surface area (Å²) < 4.78 is 1.98. The zero-order valence-corrected chi connectivity index (χ0v) is 10.9. The summed E-state index contributed by atoms with van der Waals surface area (Å²) in [6.45, 7) is 1.95. The molecule has 102 valence electrons. The van der Waals surface area contributed by atoms with Gasteiger partial charge >= 0.3 is 5.97 Å². The van der Waals surface area contributed by atoms with Crippen molar-refractivity contribution in [2.24, 2.45) is 7.05 Å². The first kappa shape index (κ1) is 13.5. The SMILES string of the molecule is Cc1nc2cc(C(O)CNCC(=O)O)ccc2n1C. The van der Waals surface area contributed by atoms with Crippen molar-refractivity contribution in [3.8, 4) is 0 Å². The van der Waals surface area contributed by atoms with Crippen molar-refractivity contribution in [2.45, 2.75) is 13.0 Å². The molecule has 0 bridgehead atoms. The summed E-state index contributed by atoms with van der Waals surface area (Å²) in [6.07, 6.45) is -0.744. The predicted molar refractivity (Wildman–Crippen MR) is 70.9 cm³/mol. The van der Waals surface area contributed by atoms with Crippen LogP contribution in [-0.2, 0) is 11.8 Å². The van der Waals surface area contributed by atoms with Crippen LogP contribution in [0.2, 0.25) is 0 Å². The molecule has 1 aromatic carbocycles. The standard InChI is InChI=1S/C13H17N3O3/c1-8-15-10-5-9(3-4-11(10)16(8)2)12(17)6-14-7-13(18)19/h3-5,12,14,17H,6-7H2,1-2H3,(H,18,19). The summed E-state index contributed by atoms with van der Waals surface area (Å²) in [4.78, 5) is 14.8. The molecule has 0 saturated heterocycles. The van der Waals surface area contributed by atoms with E-state index in [4.69, 9.17) is 5.11 Å². The lowest BCUT2D eigenvalue weighted by molar-refractivity contribution is -0.136. The molecule has 6 heteroatoms. The van der Waals surface area contributed by atoms with Crippen LogP contribution in [-0.4, -0.2) is 38.8 Å². The Morgan fingerprint density at radius 2 is 2.26 bits per heavy atom. The van der Waals surface area contributed by atoms with Crippen molar-refractivity contribution in [2.75, 3.05) is 13.1 Å². The first-order valence-electron chi connectivity index (χ1n) is 6.02. The molecule has 0 saturated carbocycles. The molecule has 0 fully saturated rings. The Morgan fingerprint density at radius 1 is 1.53 bits per heavy atom. The van der Waals surface area contributed by atoms with Crippen LogP contribution in [0.1, 0.15) is 17.5 Å². The van der Waals surface area contributed by atoms with Gasteiger partial charge in [0.1, 0.15) is 5.82 Å². The van der Waals surface area contributed by atoms with Gasteiger partial charge in [0.25, 0.3) is 0 Å². The Morgan fingerprint density at radius 3 is 2.95 bits per heavy atom. The fourth-order valence-electron chi connectivity index (χ4n) is 1.98. The maximum atomic E-state index is 10.4. The number of hydrogen-bond donors (Lipinski definition) is 3. The molecule has 1 aromatic heterocycles. The molecular formula is C13H17N3O3. The van der Waals surface area contributed by atoms with E-state index in [1.165, 1.54) is 0 Å². The number of fused-ring (bicyclic) bond motifs is 1. The van der Waals surface area contributed by atoms with Crippen molar-refractivity contribution in [3.63, 3.8) is 0 Å². The maximum Gasteiger partial charge on any atom is 0.317 e. The molecule has 1 atom stereocenters. The Balaban J connectivity index is 2.14. The van der Waals surface area contributed by atoms with Crippen molar-refractivity contribution in [1.29, 1.82) is 0 Å². The van der Waals surface area contributed by atoms with Crippen LogP contribution in [0.15, 0.2) is 18.2 Å². The molecule has 0 radical (unpaired) electrons. The average molecular weight is 263 g/mol. The number of carboxylic acids is 1. The van der Waals surface area contributed by atoms with Crippen LogP contribution in [0.25, 0.3) is 11.0 Å². The van der Waals surface area contributed by atoms with Crippen LogP contribution >= 0.6 is 0 Å². The molecule has 0 aliphatic rings. The summed E-state index contributed by atoms with van der Waals surface area (Å²) in [5.74, 6) is -0.0337. The quantitative estimate of drug-likeness (QED) is 0.735. The third kappa shape index (κ3) is 2.91. The van der Waals surface area contributed by atoms with Gasteiger partial charge in [0.2, 0.25) is 0 Å². The minimum Gasteiger partial charge on any atom is -0.480 e. The fraction of sp³-hybridized carbons (Fsp3) is 0.385. The number of benzene rings is 1. The average Bonchev–Trinajstić information content (AvgIpc) is 2.64. The van der Waals surface area contributed by atoms with Crippen molar-refractivity contribution < 1.29 is 15.0 Å². The highest BCUT2D eigenvalue weighted by atomic mass is 16.4. The molecule has 2 aromatic rings. The van der Waals surface area contributed by atoms with E-state index in [2.05, 4.69) is 10.3 Å². The van der Waals surface area contributed by atoms with Gasteiger partial charge < -0.3 is 20.1 Å². The lowest BCUT2D eigenvalue weighted by atomic mass is 10.1. The third-order valence-electron chi connectivity index (χ3n) is 3.13. The first-order chi connectivity index (χ1) is 8.99. The monoisotopic (exact) mass is 263 g/mol. The zero-order valence-electron chi connectivity index (χ0n) is 10.9. The highest BCUT2D eigenvalue weighted by Crippen LogP contribution is 2.20. The molecule has 1 heterocycles. The second-order valence-electron chi connectivity index (χ2n) is 4.51. The van der Waals surface area contributed by atoms with Crippen molar-refractivity contribution >= 4 is 17.0 Å². The van der Waals surface area contributed by atoms with Crippen LogP contribution in [0, 0.1) is 6.92 Å². The Hall–Kier alpha value is -1.92. The maximum absolute atomic E-state index is 10.4. The molecule has 1 unspecified atom stereocenters. The normalized spacial score (nSPS) is 12.8. The highest BCUT2D eigenvalue weighted by molar-refractivity contribution is 5.76. The molecule has 19 heavy (non-hydrogen) atoms. The van der Waals surface area contributed by atoms with E-state index in [1.54, 1.807) is 0 Å². The second-order valence-corrected chi connectivity index (χ2v) is 4.51. The number of aliphatic hydroxyl groups is 1. The van der Waals surface area contributed by atoms with Crippen molar-refractivity contribution in [3.05, 3.63) is 29.6 Å². The summed E-state index contributed by atoms with van der Waals surface area (Å²) in [5, 5.41) is 21.2. The van der Waals surface area contributed by atoms with Crippen LogP contribution in [0.4, 0.5) is 0 Å². The number of aliphatic carboxylic acids is 1. The topological polar surface area (TPSA) is 87.4 Å². The summed E-state index contributed by atoms with van der Waals surface area (Å²) in [6, 6.07) is 5.57. The van der Waals surface area contributed by atoms with E-state index in [1.807, 2.05) is 36.7 Å². The number of imidazole rings is 1. The number of carbonyl (C=O) groups is 1. The number of hydrogen-bond acceptors (Lipinski definition) is 4. The smallest absolute Gasteiger partial charge is 0.317 e. The lowest BCUT2D eigenvalue weighted by Gasteiger charge is -2.11. The third-order valence-corrected chi connectivity index (χ3v) is 3.13. The van der Waals surface area contributed by atoms with E-state index >= 15 is 0 Å². The summed E-state index contributed by atoms with van der Waals surface area (Å²) >= 11 is 0. The van der Waals surface area contributed by atoms with Crippen LogP contribution in [0.5, 0.6) is 0 Å². The summed E-state index contributed by atoms with van der Waals surface area (Å²) in [7, 11) is 1.94.